The second kappa shape index (κ2) is 13.2. The molecule has 3 aromatic rings. The summed E-state index contributed by atoms with van der Waals surface area (Å²) in [6, 6.07) is 17.4. The molecule has 4 atom stereocenters. The Balaban J connectivity index is 1.56. The number of rotatable bonds is 11. The van der Waals surface area contributed by atoms with Crippen molar-refractivity contribution in [1.29, 1.82) is 0 Å². The van der Waals surface area contributed by atoms with Crippen LogP contribution in [0.15, 0.2) is 78.4 Å². The Morgan fingerprint density at radius 2 is 1.86 bits per heavy atom. The number of hydrogen-bond acceptors (Lipinski definition) is 7. The van der Waals surface area contributed by atoms with Crippen LogP contribution in [0.1, 0.15) is 33.0 Å². The van der Waals surface area contributed by atoms with Gasteiger partial charge in [-0.15, -0.1) is 0 Å². The van der Waals surface area contributed by atoms with Gasteiger partial charge in [0, 0.05) is 29.8 Å². The summed E-state index contributed by atoms with van der Waals surface area (Å²) in [6.07, 6.45) is 0.293. The fraction of sp³-hybridized carbons (Fsp3) is 0.303. The van der Waals surface area contributed by atoms with Gasteiger partial charge in [0.15, 0.2) is 11.5 Å². The summed E-state index contributed by atoms with van der Waals surface area (Å²) in [5, 5.41) is 23.8. The highest BCUT2D eigenvalue weighted by atomic mass is 19.1. The number of fused-ring (bicyclic) bond motifs is 3. The summed E-state index contributed by atoms with van der Waals surface area (Å²) in [5.74, 6) is -1.41. The molecule has 10 heteroatoms. The van der Waals surface area contributed by atoms with Gasteiger partial charge in [-0.05, 0) is 47.9 Å². The molecule has 1 heterocycles. The highest BCUT2D eigenvalue weighted by molar-refractivity contribution is 5.96. The van der Waals surface area contributed by atoms with Crippen LogP contribution >= 0.6 is 0 Å². The number of ether oxygens (including phenoxy) is 2. The SMILES string of the molecule is COc1cc(C=O)cc2c1O[C@@H]1[C@@H](O)[C@H](N(CCc3cccc(F)c3)C(=O)Cc3ccccc3)C=C(C(=O)NCCO)[C@H]21. The van der Waals surface area contributed by atoms with Gasteiger partial charge in [-0.2, -0.15) is 0 Å². The number of benzene rings is 3. The quantitative estimate of drug-likeness (QED) is 0.294. The monoisotopic (exact) mass is 588 g/mol. The van der Waals surface area contributed by atoms with Crippen LogP contribution < -0.4 is 14.8 Å². The van der Waals surface area contributed by atoms with Gasteiger partial charge in [-0.25, -0.2) is 4.39 Å². The van der Waals surface area contributed by atoms with Crippen LogP contribution in [-0.4, -0.2) is 78.3 Å². The molecule has 43 heavy (non-hydrogen) atoms. The molecule has 0 fully saturated rings. The number of halogens is 1. The van der Waals surface area contributed by atoms with Crippen LogP contribution in [0.4, 0.5) is 4.39 Å². The van der Waals surface area contributed by atoms with Gasteiger partial charge in [0.05, 0.1) is 32.1 Å². The second-order valence-electron chi connectivity index (χ2n) is 10.5. The Kier molecular flexibility index (Phi) is 9.18. The number of nitrogens with one attached hydrogen (secondary N) is 1. The number of carbonyl (C=O) groups is 3. The van der Waals surface area contributed by atoms with Crippen molar-refractivity contribution in [2.24, 2.45) is 0 Å². The number of nitrogens with zero attached hydrogens (tertiary/aromatic N) is 1. The zero-order valence-electron chi connectivity index (χ0n) is 23.6. The molecule has 224 valence electrons. The van der Waals surface area contributed by atoms with Gasteiger partial charge in [0.25, 0.3) is 0 Å². The van der Waals surface area contributed by atoms with Crippen molar-refractivity contribution in [2.75, 3.05) is 26.8 Å². The van der Waals surface area contributed by atoms with Crippen molar-refractivity contribution < 1.29 is 38.5 Å². The lowest BCUT2D eigenvalue weighted by molar-refractivity contribution is -0.136. The first-order valence-corrected chi connectivity index (χ1v) is 14.0. The minimum Gasteiger partial charge on any atom is -0.493 e. The largest absolute Gasteiger partial charge is 0.493 e. The molecule has 2 amide bonds. The van der Waals surface area contributed by atoms with E-state index in [1.807, 2.05) is 30.3 Å². The molecule has 0 aromatic heterocycles. The van der Waals surface area contributed by atoms with Gasteiger partial charge >= 0.3 is 0 Å². The minimum atomic E-state index is -1.27. The molecule has 0 saturated heterocycles. The van der Waals surface area contributed by atoms with E-state index in [2.05, 4.69) is 5.32 Å². The van der Waals surface area contributed by atoms with Crippen molar-refractivity contribution in [1.82, 2.24) is 10.2 Å². The summed E-state index contributed by atoms with van der Waals surface area (Å²) in [5.41, 5.74) is 2.46. The fourth-order valence-corrected chi connectivity index (χ4v) is 5.81. The van der Waals surface area contributed by atoms with E-state index in [0.717, 1.165) is 5.56 Å². The number of aliphatic hydroxyl groups is 2. The summed E-state index contributed by atoms with van der Waals surface area (Å²) < 4.78 is 25.6. The first-order chi connectivity index (χ1) is 20.8. The van der Waals surface area contributed by atoms with E-state index < -0.39 is 35.9 Å². The maximum Gasteiger partial charge on any atom is 0.247 e. The summed E-state index contributed by atoms with van der Waals surface area (Å²) in [4.78, 5) is 40.6. The Morgan fingerprint density at radius 1 is 1.09 bits per heavy atom. The third-order valence-corrected chi connectivity index (χ3v) is 7.82. The fourth-order valence-electron chi connectivity index (χ4n) is 5.81. The Hall–Kier alpha value is -4.54. The molecule has 1 aliphatic carbocycles. The van der Waals surface area contributed by atoms with E-state index in [4.69, 9.17) is 9.47 Å². The van der Waals surface area contributed by atoms with Gasteiger partial charge in [0.2, 0.25) is 11.8 Å². The van der Waals surface area contributed by atoms with E-state index in [0.29, 0.717) is 35.1 Å². The zero-order chi connectivity index (χ0) is 30.5. The average molecular weight is 589 g/mol. The number of aliphatic hydroxyl groups excluding tert-OH is 2. The Morgan fingerprint density at radius 3 is 2.56 bits per heavy atom. The van der Waals surface area contributed by atoms with E-state index in [-0.39, 0.29) is 43.3 Å². The molecule has 1 aliphatic heterocycles. The third-order valence-electron chi connectivity index (χ3n) is 7.82. The molecular weight excluding hydrogens is 555 g/mol. The van der Waals surface area contributed by atoms with Crippen LogP contribution in [-0.2, 0) is 22.4 Å². The topological polar surface area (TPSA) is 125 Å². The predicted octanol–water partition coefficient (Wildman–Crippen LogP) is 2.58. The van der Waals surface area contributed by atoms with Gasteiger partial charge in [-0.3, -0.25) is 14.4 Å². The molecule has 0 saturated carbocycles. The lowest BCUT2D eigenvalue weighted by Crippen LogP contribution is -2.56. The summed E-state index contributed by atoms with van der Waals surface area (Å²) >= 11 is 0. The molecule has 5 rings (SSSR count). The van der Waals surface area contributed by atoms with Gasteiger partial charge in [0.1, 0.15) is 24.3 Å². The van der Waals surface area contributed by atoms with Crippen molar-refractivity contribution in [3.05, 3.63) is 106 Å². The Labute approximate surface area is 248 Å². The van der Waals surface area contributed by atoms with Crippen LogP contribution in [0.5, 0.6) is 11.5 Å². The molecule has 0 bridgehead atoms. The minimum absolute atomic E-state index is 0.0115. The van der Waals surface area contributed by atoms with Crippen molar-refractivity contribution in [3.63, 3.8) is 0 Å². The average Bonchev–Trinajstić information content (AvgIpc) is 3.41. The molecule has 2 aliphatic rings. The van der Waals surface area contributed by atoms with E-state index in [1.165, 1.54) is 30.2 Å². The number of carbonyl (C=O) groups excluding carboxylic acids is 3. The normalized spacial score (nSPS) is 20.2. The van der Waals surface area contributed by atoms with Gasteiger partial charge < -0.3 is 29.9 Å². The van der Waals surface area contributed by atoms with E-state index in [1.54, 1.807) is 24.3 Å². The lowest BCUT2D eigenvalue weighted by Gasteiger charge is -2.41. The number of methoxy groups -OCH3 is 1. The maximum absolute atomic E-state index is 13.9. The molecule has 3 N–H and O–H groups in total. The van der Waals surface area contributed by atoms with Crippen molar-refractivity contribution in [2.45, 2.75) is 37.0 Å². The van der Waals surface area contributed by atoms with E-state index >= 15 is 0 Å². The highest BCUT2D eigenvalue weighted by Gasteiger charge is 2.51. The second-order valence-corrected chi connectivity index (χ2v) is 10.5. The smallest absolute Gasteiger partial charge is 0.247 e. The zero-order valence-corrected chi connectivity index (χ0v) is 23.6. The first-order valence-electron chi connectivity index (χ1n) is 14.0. The summed E-state index contributed by atoms with van der Waals surface area (Å²) in [7, 11) is 1.43. The van der Waals surface area contributed by atoms with Crippen LogP contribution in [0, 0.1) is 5.82 Å². The lowest BCUT2D eigenvalue weighted by atomic mass is 9.77. The van der Waals surface area contributed by atoms with Crippen LogP contribution in [0.3, 0.4) is 0 Å². The predicted molar refractivity (Wildman–Crippen MR) is 155 cm³/mol. The standard InChI is InChI=1S/C33H33FN2O7/c1-42-27-16-22(19-38)15-24-29-25(33(41)35-11-13-37)18-26(30(40)32(29)43-31(24)27)36(12-10-21-8-5-9-23(34)14-21)28(39)17-20-6-3-2-4-7-20/h2-9,14-16,18-19,26,29-30,32,37,40H,10-13,17H2,1H3,(H,35,41)/t26-,29+,30+,32+/m1/s1. The molecular formula is C33H33FN2O7. The highest BCUT2D eigenvalue weighted by Crippen LogP contribution is 2.51. The van der Waals surface area contributed by atoms with Crippen molar-refractivity contribution in [3.8, 4) is 11.5 Å². The molecule has 0 unspecified atom stereocenters. The van der Waals surface area contributed by atoms with Crippen molar-refractivity contribution >= 4 is 18.1 Å². The molecule has 9 nitrogen and oxygen atoms in total. The van der Waals surface area contributed by atoms with Crippen LogP contribution in [0.2, 0.25) is 0 Å². The Bertz CT molecular complexity index is 1530. The molecule has 3 aromatic carbocycles. The first kappa shape index (κ1) is 29.9. The van der Waals surface area contributed by atoms with Gasteiger partial charge in [-0.1, -0.05) is 42.5 Å². The molecule has 0 spiro atoms. The number of hydrogen-bond donors (Lipinski definition) is 3. The van der Waals surface area contributed by atoms with E-state index in [9.17, 15) is 29.0 Å². The summed E-state index contributed by atoms with van der Waals surface area (Å²) in [6.45, 7) is -0.172. The van der Waals surface area contributed by atoms with Crippen LogP contribution in [0.25, 0.3) is 0 Å². The number of amides is 2. The number of aldehydes is 1. The maximum atomic E-state index is 13.9. The third kappa shape index (κ3) is 6.30. The molecule has 0 radical (unpaired) electrons.